The number of hydrogen-bond donors (Lipinski definition) is 1. The Bertz CT molecular complexity index is 659. The van der Waals surface area contributed by atoms with Crippen molar-refractivity contribution in [3.8, 4) is 11.4 Å². The minimum Gasteiger partial charge on any atom is -0.365 e. The average molecular weight is 337 g/mol. The first-order chi connectivity index (χ1) is 11.2. The third kappa shape index (κ3) is 3.91. The van der Waals surface area contributed by atoms with Crippen molar-refractivity contribution in [1.29, 1.82) is 0 Å². The second-order valence-corrected chi connectivity index (χ2v) is 6.38. The van der Waals surface area contributed by atoms with Gasteiger partial charge in [-0.1, -0.05) is 5.16 Å². The SMILES string of the molecule is CSc1ccc(-c2noc([C@@H](C)OC3CCNCC3)n2)cc1F. The molecule has 0 aliphatic carbocycles. The van der Waals surface area contributed by atoms with Crippen molar-refractivity contribution in [2.75, 3.05) is 19.3 Å². The molecule has 124 valence electrons. The van der Waals surface area contributed by atoms with Gasteiger partial charge in [-0.05, 0) is 57.3 Å². The fourth-order valence-corrected chi connectivity index (χ4v) is 3.06. The summed E-state index contributed by atoms with van der Waals surface area (Å²) in [7, 11) is 0. The van der Waals surface area contributed by atoms with Gasteiger partial charge in [0.2, 0.25) is 5.82 Å². The number of aromatic nitrogens is 2. The van der Waals surface area contributed by atoms with Crippen LogP contribution in [0.15, 0.2) is 27.6 Å². The molecule has 1 aromatic heterocycles. The number of hydrogen-bond acceptors (Lipinski definition) is 6. The highest BCUT2D eigenvalue weighted by molar-refractivity contribution is 7.98. The molecule has 1 saturated heterocycles. The molecule has 0 bridgehead atoms. The summed E-state index contributed by atoms with van der Waals surface area (Å²) >= 11 is 1.36. The van der Waals surface area contributed by atoms with Gasteiger partial charge in [0.05, 0.1) is 6.10 Å². The van der Waals surface area contributed by atoms with Gasteiger partial charge in [0.25, 0.3) is 5.89 Å². The molecule has 1 aromatic carbocycles. The molecule has 3 rings (SSSR count). The van der Waals surface area contributed by atoms with E-state index in [1.54, 1.807) is 12.1 Å². The van der Waals surface area contributed by atoms with Crippen LogP contribution < -0.4 is 5.32 Å². The Morgan fingerprint density at radius 2 is 2.17 bits per heavy atom. The molecule has 0 unspecified atom stereocenters. The maximum atomic E-state index is 13.9. The Balaban J connectivity index is 1.70. The van der Waals surface area contributed by atoms with E-state index in [1.165, 1.54) is 17.8 Å². The van der Waals surface area contributed by atoms with E-state index < -0.39 is 0 Å². The number of ether oxygens (including phenoxy) is 1. The summed E-state index contributed by atoms with van der Waals surface area (Å²) in [6.45, 7) is 3.83. The van der Waals surface area contributed by atoms with Crippen LogP contribution in [-0.4, -0.2) is 35.6 Å². The molecule has 23 heavy (non-hydrogen) atoms. The van der Waals surface area contributed by atoms with Gasteiger partial charge in [-0.15, -0.1) is 11.8 Å². The van der Waals surface area contributed by atoms with Crippen molar-refractivity contribution in [1.82, 2.24) is 15.5 Å². The fraction of sp³-hybridized carbons (Fsp3) is 0.500. The van der Waals surface area contributed by atoms with Crippen molar-refractivity contribution in [2.45, 2.75) is 36.9 Å². The Morgan fingerprint density at radius 1 is 1.39 bits per heavy atom. The van der Waals surface area contributed by atoms with E-state index in [9.17, 15) is 4.39 Å². The standard InChI is InChI=1S/C16H20FN3O2S/c1-10(21-12-5-7-18-8-6-12)16-19-15(20-22-16)11-3-4-14(23-2)13(17)9-11/h3-4,9-10,12,18H,5-8H2,1-2H3/t10-/m1/s1. The Labute approximate surface area is 139 Å². The predicted molar refractivity (Wildman–Crippen MR) is 86.9 cm³/mol. The quantitative estimate of drug-likeness (QED) is 0.844. The molecule has 0 saturated carbocycles. The summed E-state index contributed by atoms with van der Waals surface area (Å²) in [4.78, 5) is 4.95. The van der Waals surface area contributed by atoms with Crippen LogP contribution in [-0.2, 0) is 4.74 Å². The number of benzene rings is 1. The van der Waals surface area contributed by atoms with E-state index in [1.807, 2.05) is 13.2 Å². The van der Waals surface area contributed by atoms with Crippen LogP contribution in [0.4, 0.5) is 4.39 Å². The zero-order valence-corrected chi connectivity index (χ0v) is 14.0. The molecule has 1 atom stereocenters. The van der Waals surface area contributed by atoms with Gasteiger partial charge >= 0.3 is 0 Å². The van der Waals surface area contributed by atoms with Crippen molar-refractivity contribution < 1.29 is 13.7 Å². The zero-order chi connectivity index (χ0) is 16.2. The van der Waals surface area contributed by atoms with Crippen LogP contribution >= 0.6 is 11.8 Å². The molecular weight excluding hydrogens is 317 g/mol. The van der Waals surface area contributed by atoms with E-state index in [0.29, 0.717) is 22.2 Å². The van der Waals surface area contributed by atoms with Crippen molar-refractivity contribution >= 4 is 11.8 Å². The second kappa shape index (κ2) is 7.42. The molecule has 1 N–H and O–H groups in total. The lowest BCUT2D eigenvalue weighted by molar-refractivity contribution is -0.0326. The Hall–Kier alpha value is -1.44. The van der Waals surface area contributed by atoms with Crippen molar-refractivity contribution in [2.24, 2.45) is 0 Å². The first-order valence-corrected chi connectivity index (χ1v) is 8.93. The maximum Gasteiger partial charge on any atom is 0.255 e. The Kier molecular flexibility index (Phi) is 5.30. The first kappa shape index (κ1) is 16.4. The molecule has 2 heterocycles. The summed E-state index contributed by atoms with van der Waals surface area (Å²) in [5.74, 6) is 0.528. The van der Waals surface area contributed by atoms with Gasteiger partial charge in [-0.2, -0.15) is 4.98 Å². The van der Waals surface area contributed by atoms with Gasteiger partial charge in [-0.25, -0.2) is 4.39 Å². The fourth-order valence-electron chi connectivity index (χ4n) is 2.60. The van der Waals surface area contributed by atoms with Crippen molar-refractivity contribution in [3.05, 3.63) is 29.9 Å². The summed E-state index contributed by atoms with van der Waals surface area (Å²) in [6, 6.07) is 4.95. The van der Waals surface area contributed by atoms with Gasteiger partial charge < -0.3 is 14.6 Å². The molecule has 0 radical (unpaired) electrons. The van der Waals surface area contributed by atoms with Crippen LogP contribution in [0.3, 0.4) is 0 Å². The number of piperidine rings is 1. The minimum absolute atomic E-state index is 0.208. The average Bonchev–Trinajstić information content (AvgIpc) is 3.06. The normalized spacial score (nSPS) is 17.3. The lowest BCUT2D eigenvalue weighted by atomic mass is 10.1. The van der Waals surface area contributed by atoms with Crippen LogP contribution in [0, 0.1) is 5.82 Å². The molecule has 0 amide bonds. The topological polar surface area (TPSA) is 60.2 Å². The third-order valence-corrected chi connectivity index (χ3v) is 4.65. The molecule has 5 nitrogen and oxygen atoms in total. The zero-order valence-electron chi connectivity index (χ0n) is 13.2. The van der Waals surface area contributed by atoms with Gasteiger partial charge in [-0.3, -0.25) is 0 Å². The third-order valence-electron chi connectivity index (χ3n) is 3.88. The number of nitrogens with zero attached hydrogens (tertiary/aromatic N) is 2. The lowest BCUT2D eigenvalue weighted by Crippen LogP contribution is -2.33. The monoisotopic (exact) mass is 337 g/mol. The molecule has 7 heteroatoms. The smallest absolute Gasteiger partial charge is 0.255 e. The number of halogens is 1. The maximum absolute atomic E-state index is 13.9. The summed E-state index contributed by atoms with van der Waals surface area (Å²) < 4.78 is 25.1. The largest absolute Gasteiger partial charge is 0.365 e. The van der Waals surface area contributed by atoms with E-state index in [4.69, 9.17) is 9.26 Å². The molecule has 1 fully saturated rings. The van der Waals surface area contributed by atoms with Crippen molar-refractivity contribution in [3.63, 3.8) is 0 Å². The first-order valence-electron chi connectivity index (χ1n) is 7.71. The van der Waals surface area contributed by atoms with Gasteiger partial charge in [0.1, 0.15) is 11.9 Å². The molecular formula is C16H20FN3O2S. The van der Waals surface area contributed by atoms with Crippen LogP contribution in [0.25, 0.3) is 11.4 Å². The molecule has 0 spiro atoms. The Morgan fingerprint density at radius 3 is 2.87 bits per heavy atom. The van der Waals surface area contributed by atoms with Crippen LogP contribution in [0.1, 0.15) is 31.8 Å². The summed E-state index contributed by atoms with van der Waals surface area (Å²) in [5.41, 5.74) is 0.601. The summed E-state index contributed by atoms with van der Waals surface area (Å²) in [6.07, 6.45) is 3.73. The predicted octanol–water partition coefficient (Wildman–Crippen LogP) is 3.43. The highest BCUT2D eigenvalue weighted by Crippen LogP contribution is 2.26. The number of nitrogens with one attached hydrogen (secondary N) is 1. The van der Waals surface area contributed by atoms with Crippen LogP contribution in [0.2, 0.25) is 0 Å². The van der Waals surface area contributed by atoms with E-state index in [-0.39, 0.29) is 18.0 Å². The van der Waals surface area contributed by atoms with E-state index in [0.717, 1.165) is 25.9 Å². The number of thioether (sulfide) groups is 1. The highest BCUT2D eigenvalue weighted by atomic mass is 32.2. The lowest BCUT2D eigenvalue weighted by Gasteiger charge is -2.24. The second-order valence-electron chi connectivity index (χ2n) is 5.53. The molecule has 1 aliphatic rings. The van der Waals surface area contributed by atoms with E-state index >= 15 is 0 Å². The highest BCUT2D eigenvalue weighted by Gasteiger charge is 2.22. The van der Waals surface area contributed by atoms with Crippen LogP contribution in [0.5, 0.6) is 0 Å². The molecule has 2 aromatic rings. The van der Waals surface area contributed by atoms with E-state index in [2.05, 4.69) is 15.5 Å². The van der Waals surface area contributed by atoms with Gasteiger partial charge in [0, 0.05) is 10.5 Å². The van der Waals surface area contributed by atoms with Gasteiger partial charge in [0.15, 0.2) is 0 Å². The summed E-state index contributed by atoms with van der Waals surface area (Å²) in [5, 5.41) is 7.24. The molecule has 1 aliphatic heterocycles. The number of rotatable bonds is 5. The minimum atomic E-state index is -0.277.